The van der Waals surface area contributed by atoms with Crippen molar-refractivity contribution in [2.45, 2.75) is 45.1 Å². The Morgan fingerprint density at radius 2 is 1.67 bits per heavy atom. The molecule has 0 aromatic heterocycles. The van der Waals surface area contributed by atoms with Crippen LogP contribution in [-0.2, 0) is 5.41 Å². The number of benzene rings is 1. The van der Waals surface area contributed by atoms with Crippen molar-refractivity contribution in [1.82, 2.24) is 5.32 Å². The van der Waals surface area contributed by atoms with Crippen molar-refractivity contribution in [3.05, 3.63) is 35.6 Å². The first-order valence-corrected chi connectivity index (χ1v) is 6.46. The highest BCUT2D eigenvalue weighted by molar-refractivity contribution is 5.24. The predicted molar refractivity (Wildman–Crippen MR) is 75.2 cm³/mol. The molecule has 0 spiro atoms. The molecule has 2 nitrogen and oxygen atoms in total. The zero-order chi connectivity index (χ0) is 13.8. The minimum atomic E-state index is -0.188. The van der Waals surface area contributed by atoms with Crippen molar-refractivity contribution in [3.8, 4) is 0 Å². The highest BCUT2D eigenvalue weighted by Gasteiger charge is 2.20. The van der Waals surface area contributed by atoms with Crippen LogP contribution in [0.1, 0.15) is 39.7 Å². The van der Waals surface area contributed by atoms with Crippen LogP contribution in [0.3, 0.4) is 0 Å². The van der Waals surface area contributed by atoms with E-state index in [0.717, 1.165) is 25.1 Å². The van der Waals surface area contributed by atoms with Crippen molar-refractivity contribution >= 4 is 0 Å². The van der Waals surface area contributed by atoms with Gasteiger partial charge in [-0.25, -0.2) is 4.39 Å². The first-order valence-electron chi connectivity index (χ1n) is 6.46. The van der Waals surface area contributed by atoms with Crippen molar-refractivity contribution in [1.29, 1.82) is 0 Å². The topological polar surface area (TPSA) is 38.0 Å². The molecule has 3 N–H and O–H groups in total. The number of hydrogen-bond acceptors (Lipinski definition) is 2. The Kier molecular flexibility index (Phi) is 4.88. The average molecular weight is 252 g/mol. The SMILES string of the molecule is CC(C)(N)CCNCC(C)(C)c1ccc(F)cc1. The lowest BCUT2D eigenvalue weighted by Gasteiger charge is -2.27. The van der Waals surface area contributed by atoms with E-state index in [1.807, 2.05) is 26.0 Å². The Hall–Kier alpha value is -0.930. The average Bonchev–Trinajstić information content (AvgIpc) is 2.24. The maximum atomic E-state index is 12.9. The van der Waals surface area contributed by atoms with Gasteiger partial charge in [0.2, 0.25) is 0 Å². The number of rotatable bonds is 6. The van der Waals surface area contributed by atoms with Crippen LogP contribution in [0.5, 0.6) is 0 Å². The van der Waals surface area contributed by atoms with Crippen molar-refractivity contribution in [2.24, 2.45) is 5.73 Å². The van der Waals surface area contributed by atoms with Gasteiger partial charge in [0.15, 0.2) is 0 Å². The molecule has 0 heterocycles. The molecular weight excluding hydrogens is 227 g/mol. The largest absolute Gasteiger partial charge is 0.326 e. The Morgan fingerprint density at radius 3 is 2.17 bits per heavy atom. The predicted octanol–water partition coefficient (Wildman–Crippen LogP) is 2.82. The smallest absolute Gasteiger partial charge is 0.123 e. The molecule has 1 aromatic carbocycles. The molecule has 1 rings (SSSR count). The number of nitrogens with two attached hydrogens (primary N) is 1. The van der Waals surface area contributed by atoms with E-state index in [-0.39, 0.29) is 16.8 Å². The van der Waals surface area contributed by atoms with Crippen LogP contribution < -0.4 is 11.1 Å². The molecule has 0 bridgehead atoms. The Labute approximate surface area is 110 Å². The maximum absolute atomic E-state index is 12.9. The quantitative estimate of drug-likeness (QED) is 0.764. The Bertz CT molecular complexity index is 363. The number of hydrogen-bond donors (Lipinski definition) is 2. The summed E-state index contributed by atoms with van der Waals surface area (Å²) in [6.45, 7) is 10.1. The van der Waals surface area contributed by atoms with Crippen LogP contribution in [0, 0.1) is 5.82 Å². The standard InChI is InChI=1S/C15H25FN2/c1-14(2,11-18-10-9-15(3,4)17)12-5-7-13(16)8-6-12/h5-8,18H,9-11,17H2,1-4H3. The van der Waals surface area contributed by atoms with Gasteiger partial charge in [0.05, 0.1) is 0 Å². The van der Waals surface area contributed by atoms with Crippen molar-refractivity contribution in [2.75, 3.05) is 13.1 Å². The lowest BCUT2D eigenvalue weighted by Crippen LogP contribution is -2.39. The normalized spacial score (nSPS) is 12.8. The number of halogens is 1. The minimum absolute atomic E-state index is 0.00750. The lowest BCUT2D eigenvalue weighted by molar-refractivity contribution is 0.418. The second kappa shape index (κ2) is 5.81. The fourth-order valence-electron chi connectivity index (χ4n) is 1.81. The first kappa shape index (κ1) is 15.1. The van der Waals surface area contributed by atoms with Gasteiger partial charge in [-0.2, -0.15) is 0 Å². The lowest BCUT2D eigenvalue weighted by atomic mass is 9.84. The molecule has 18 heavy (non-hydrogen) atoms. The molecule has 0 saturated carbocycles. The van der Waals surface area contributed by atoms with Crippen LogP contribution in [0.2, 0.25) is 0 Å². The van der Waals surface area contributed by atoms with Crippen LogP contribution >= 0.6 is 0 Å². The van der Waals surface area contributed by atoms with E-state index in [1.165, 1.54) is 12.1 Å². The van der Waals surface area contributed by atoms with Crippen LogP contribution in [0.15, 0.2) is 24.3 Å². The summed E-state index contributed by atoms with van der Waals surface area (Å²) in [5.41, 5.74) is 6.93. The minimum Gasteiger partial charge on any atom is -0.326 e. The van der Waals surface area contributed by atoms with Gasteiger partial charge in [0.25, 0.3) is 0 Å². The van der Waals surface area contributed by atoms with Crippen LogP contribution in [0.25, 0.3) is 0 Å². The summed E-state index contributed by atoms with van der Waals surface area (Å²) in [5, 5.41) is 3.42. The third-order valence-corrected chi connectivity index (χ3v) is 3.14. The summed E-state index contributed by atoms with van der Waals surface area (Å²) in [4.78, 5) is 0. The summed E-state index contributed by atoms with van der Waals surface area (Å²) < 4.78 is 12.9. The maximum Gasteiger partial charge on any atom is 0.123 e. The first-order chi connectivity index (χ1) is 8.21. The van der Waals surface area contributed by atoms with Gasteiger partial charge in [-0.15, -0.1) is 0 Å². The molecule has 0 radical (unpaired) electrons. The Morgan fingerprint density at radius 1 is 1.11 bits per heavy atom. The monoisotopic (exact) mass is 252 g/mol. The third-order valence-electron chi connectivity index (χ3n) is 3.14. The Balaban J connectivity index is 2.47. The zero-order valence-corrected chi connectivity index (χ0v) is 11.9. The van der Waals surface area contributed by atoms with E-state index >= 15 is 0 Å². The third kappa shape index (κ3) is 5.15. The molecule has 0 saturated heterocycles. The van der Waals surface area contributed by atoms with Gasteiger partial charge in [0.1, 0.15) is 5.82 Å². The van der Waals surface area contributed by atoms with Crippen LogP contribution in [-0.4, -0.2) is 18.6 Å². The van der Waals surface area contributed by atoms with E-state index in [9.17, 15) is 4.39 Å². The second-order valence-electron chi connectivity index (χ2n) is 6.31. The highest BCUT2D eigenvalue weighted by Crippen LogP contribution is 2.22. The van der Waals surface area contributed by atoms with E-state index in [0.29, 0.717) is 0 Å². The number of nitrogens with one attached hydrogen (secondary N) is 1. The summed E-state index contributed by atoms with van der Waals surface area (Å²) in [5.74, 6) is -0.188. The molecule has 1 aromatic rings. The molecular formula is C15H25FN2. The molecule has 0 aliphatic rings. The van der Waals surface area contributed by atoms with Crippen LogP contribution in [0.4, 0.5) is 4.39 Å². The van der Waals surface area contributed by atoms with Gasteiger partial charge in [0, 0.05) is 17.5 Å². The van der Waals surface area contributed by atoms with Gasteiger partial charge in [-0.1, -0.05) is 26.0 Å². The summed E-state index contributed by atoms with van der Waals surface area (Å²) in [6.07, 6.45) is 0.937. The van der Waals surface area contributed by atoms with E-state index in [2.05, 4.69) is 19.2 Å². The van der Waals surface area contributed by atoms with E-state index in [4.69, 9.17) is 5.73 Å². The molecule has 0 aliphatic heterocycles. The van der Waals surface area contributed by atoms with Crippen molar-refractivity contribution in [3.63, 3.8) is 0 Å². The molecule has 102 valence electrons. The highest BCUT2D eigenvalue weighted by atomic mass is 19.1. The summed E-state index contributed by atoms with van der Waals surface area (Å²) >= 11 is 0. The van der Waals surface area contributed by atoms with Gasteiger partial charge in [-0.05, 0) is 44.5 Å². The second-order valence-corrected chi connectivity index (χ2v) is 6.31. The summed E-state index contributed by atoms with van der Waals surface area (Å²) in [7, 11) is 0. The zero-order valence-electron chi connectivity index (χ0n) is 11.9. The fourth-order valence-corrected chi connectivity index (χ4v) is 1.81. The van der Waals surface area contributed by atoms with Crippen molar-refractivity contribution < 1.29 is 4.39 Å². The molecule has 3 heteroatoms. The molecule has 0 fully saturated rings. The molecule has 0 aliphatic carbocycles. The summed E-state index contributed by atoms with van der Waals surface area (Å²) in [6, 6.07) is 6.73. The molecule has 0 atom stereocenters. The molecule has 0 amide bonds. The fraction of sp³-hybridized carbons (Fsp3) is 0.600. The van der Waals surface area contributed by atoms with Gasteiger partial charge in [-0.3, -0.25) is 0 Å². The molecule has 0 unspecified atom stereocenters. The van der Waals surface area contributed by atoms with Gasteiger partial charge < -0.3 is 11.1 Å². The van der Waals surface area contributed by atoms with Gasteiger partial charge >= 0.3 is 0 Å². The van der Waals surface area contributed by atoms with E-state index in [1.54, 1.807) is 0 Å². The van der Waals surface area contributed by atoms with E-state index < -0.39 is 0 Å².